The van der Waals surface area contributed by atoms with Crippen molar-refractivity contribution in [2.75, 3.05) is 6.26 Å². The van der Waals surface area contributed by atoms with Crippen molar-refractivity contribution in [2.45, 2.75) is 17.6 Å². The van der Waals surface area contributed by atoms with Crippen molar-refractivity contribution in [2.24, 2.45) is 0 Å². The van der Waals surface area contributed by atoms with Gasteiger partial charge in [-0.15, -0.1) is 0 Å². The average molecular weight is 193 g/mol. The van der Waals surface area contributed by atoms with E-state index in [2.05, 4.69) is 28.3 Å². The SMILES string of the molecule is CSC1(/C=C/Br)CC1. The molecule has 0 aromatic rings. The van der Waals surface area contributed by atoms with E-state index in [1.807, 2.05) is 16.7 Å². The highest BCUT2D eigenvalue weighted by Crippen LogP contribution is 2.48. The van der Waals surface area contributed by atoms with Crippen molar-refractivity contribution in [3.63, 3.8) is 0 Å². The molecular formula is C6H9BrS. The van der Waals surface area contributed by atoms with Crippen LogP contribution in [0.4, 0.5) is 0 Å². The van der Waals surface area contributed by atoms with E-state index >= 15 is 0 Å². The Balaban J connectivity index is 2.41. The fraction of sp³-hybridized carbons (Fsp3) is 0.667. The Kier molecular flexibility index (Phi) is 2.04. The van der Waals surface area contributed by atoms with Gasteiger partial charge in [-0.2, -0.15) is 11.8 Å². The second-order valence-corrected chi connectivity index (χ2v) is 3.81. The maximum Gasteiger partial charge on any atom is 0.0345 e. The van der Waals surface area contributed by atoms with Gasteiger partial charge < -0.3 is 0 Å². The summed E-state index contributed by atoms with van der Waals surface area (Å²) in [5, 5.41) is 0. The Bertz CT molecular complexity index is 105. The molecule has 0 aliphatic heterocycles. The summed E-state index contributed by atoms with van der Waals surface area (Å²) in [6, 6.07) is 0. The zero-order valence-corrected chi connectivity index (χ0v) is 7.26. The lowest BCUT2D eigenvalue weighted by Crippen LogP contribution is -1.92. The van der Waals surface area contributed by atoms with Crippen LogP contribution in [0.1, 0.15) is 12.8 Å². The first-order chi connectivity index (χ1) is 3.83. The molecule has 0 unspecified atom stereocenters. The van der Waals surface area contributed by atoms with E-state index in [1.54, 1.807) is 0 Å². The molecular weight excluding hydrogens is 184 g/mol. The summed E-state index contributed by atoms with van der Waals surface area (Å²) < 4.78 is 0.531. The molecule has 0 amide bonds. The molecule has 1 fully saturated rings. The van der Waals surface area contributed by atoms with Crippen LogP contribution in [0.25, 0.3) is 0 Å². The lowest BCUT2D eigenvalue weighted by molar-refractivity contribution is 1.21. The van der Waals surface area contributed by atoms with E-state index < -0.39 is 0 Å². The molecule has 0 N–H and O–H groups in total. The first-order valence-corrected chi connectivity index (χ1v) is 4.80. The molecule has 2 heteroatoms. The normalized spacial score (nSPS) is 24.2. The van der Waals surface area contributed by atoms with Gasteiger partial charge in [-0.25, -0.2) is 0 Å². The van der Waals surface area contributed by atoms with Gasteiger partial charge in [0.15, 0.2) is 0 Å². The fourth-order valence-electron chi connectivity index (χ4n) is 0.677. The predicted octanol–water partition coefficient (Wildman–Crippen LogP) is 2.79. The molecule has 0 heterocycles. The van der Waals surface area contributed by atoms with Gasteiger partial charge in [0.05, 0.1) is 0 Å². The molecule has 46 valence electrons. The number of thioether (sulfide) groups is 1. The van der Waals surface area contributed by atoms with Crippen LogP contribution in [0.2, 0.25) is 0 Å². The molecule has 8 heavy (non-hydrogen) atoms. The molecule has 1 saturated carbocycles. The molecule has 0 spiro atoms. The number of rotatable bonds is 2. The summed E-state index contributed by atoms with van der Waals surface area (Å²) >= 11 is 5.22. The Morgan fingerprint density at radius 1 is 1.62 bits per heavy atom. The molecule has 0 radical (unpaired) electrons. The van der Waals surface area contributed by atoms with Crippen molar-refractivity contribution < 1.29 is 0 Å². The third-order valence-corrected chi connectivity index (χ3v) is 3.14. The lowest BCUT2D eigenvalue weighted by atomic mass is 10.4. The average Bonchev–Trinajstić information content (AvgIpc) is 2.50. The minimum Gasteiger partial charge on any atom is -0.154 e. The first kappa shape index (κ1) is 6.69. The standard InChI is InChI=1S/C6H9BrS/c1-8-6(2-3-6)4-5-7/h4-5H,2-3H2,1H3/b5-4+. The van der Waals surface area contributed by atoms with Gasteiger partial charge >= 0.3 is 0 Å². The second kappa shape index (κ2) is 2.44. The summed E-state index contributed by atoms with van der Waals surface area (Å²) in [5.74, 6) is 0. The highest BCUT2D eigenvalue weighted by atomic mass is 79.9. The van der Waals surface area contributed by atoms with Gasteiger partial charge in [0.2, 0.25) is 0 Å². The largest absolute Gasteiger partial charge is 0.154 e. The highest BCUT2D eigenvalue weighted by molar-refractivity contribution is 9.11. The molecule has 0 nitrogen and oxygen atoms in total. The van der Waals surface area contributed by atoms with Crippen molar-refractivity contribution in [1.82, 2.24) is 0 Å². The summed E-state index contributed by atoms with van der Waals surface area (Å²) in [5.41, 5.74) is 0. The minimum atomic E-state index is 0.531. The zero-order valence-electron chi connectivity index (χ0n) is 4.86. The van der Waals surface area contributed by atoms with Crippen LogP contribution in [-0.4, -0.2) is 11.0 Å². The molecule has 0 atom stereocenters. The van der Waals surface area contributed by atoms with E-state index in [-0.39, 0.29) is 0 Å². The number of halogens is 1. The summed E-state index contributed by atoms with van der Waals surface area (Å²) in [6.07, 6.45) is 7.12. The van der Waals surface area contributed by atoms with Gasteiger partial charge in [0.1, 0.15) is 0 Å². The zero-order chi connectivity index (χ0) is 6.04. The highest BCUT2D eigenvalue weighted by Gasteiger charge is 2.38. The second-order valence-electron chi connectivity index (χ2n) is 2.06. The van der Waals surface area contributed by atoms with Crippen LogP contribution in [0.3, 0.4) is 0 Å². The van der Waals surface area contributed by atoms with Crippen molar-refractivity contribution >= 4 is 27.7 Å². The van der Waals surface area contributed by atoms with Crippen molar-refractivity contribution in [3.05, 3.63) is 11.1 Å². The van der Waals surface area contributed by atoms with Crippen LogP contribution in [0.5, 0.6) is 0 Å². The third kappa shape index (κ3) is 1.29. The molecule has 1 aliphatic carbocycles. The Hall–Kier alpha value is 0.570. The van der Waals surface area contributed by atoms with E-state index in [9.17, 15) is 0 Å². The van der Waals surface area contributed by atoms with Gasteiger partial charge in [-0.3, -0.25) is 0 Å². The lowest BCUT2D eigenvalue weighted by Gasteiger charge is -2.00. The van der Waals surface area contributed by atoms with Gasteiger partial charge in [0.25, 0.3) is 0 Å². The first-order valence-electron chi connectivity index (χ1n) is 2.66. The maximum atomic E-state index is 3.27. The van der Waals surface area contributed by atoms with Gasteiger partial charge in [-0.1, -0.05) is 22.0 Å². The van der Waals surface area contributed by atoms with Crippen LogP contribution in [0.15, 0.2) is 11.1 Å². The van der Waals surface area contributed by atoms with Crippen LogP contribution >= 0.6 is 27.7 Å². The molecule has 0 saturated heterocycles. The van der Waals surface area contributed by atoms with Crippen molar-refractivity contribution in [1.29, 1.82) is 0 Å². The maximum absolute atomic E-state index is 3.27. The van der Waals surface area contributed by atoms with Crippen molar-refractivity contribution in [3.8, 4) is 0 Å². The molecule has 0 aromatic heterocycles. The predicted molar refractivity (Wildman–Crippen MR) is 43.5 cm³/mol. The molecule has 1 rings (SSSR count). The molecule has 0 bridgehead atoms. The molecule has 0 aromatic carbocycles. The monoisotopic (exact) mass is 192 g/mol. The Morgan fingerprint density at radius 2 is 2.25 bits per heavy atom. The number of hydrogen-bond acceptors (Lipinski definition) is 1. The van der Waals surface area contributed by atoms with Crippen LogP contribution in [0, 0.1) is 0 Å². The van der Waals surface area contributed by atoms with Gasteiger partial charge in [0, 0.05) is 4.75 Å². The van der Waals surface area contributed by atoms with E-state index in [1.165, 1.54) is 12.8 Å². The van der Waals surface area contributed by atoms with E-state index in [0.717, 1.165) is 0 Å². The van der Waals surface area contributed by atoms with Crippen LogP contribution < -0.4 is 0 Å². The Morgan fingerprint density at radius 3 is 2.38 bits per heavy atom. The summed E-state index contributed by atoms with van der Waals surface area (Å²) in [6.45, 7) is 0. The van der Waals surface area contributed by atoms with Crippen LogP contribution in [-0.2, 0) is 0 Å². The third-order valence-electron chi connectivity index (χ3n) is 1.52. The van der Waals surface area contributed by atoms with E-state index in [0.29, 0.717) is 4.75 Å². The smallest absolute Gasteiger partial charge is 0.0345 e. The summed E-state index contributed by atoms with van der Waals surface area (Å²) in [7, 11) is 0. The summed E-state index contributed by atoms with van der Waals surface area (Å²) in [4.78, 5) is 1.97. The minimum absolute atomic E-state index is 0.531. The molecule has 1 aliphatic rings. The van der Waals surface area contributed by atoms with Gasteiger partial charge in [-0.05, 0) is 24.1 Å². The fourth-order valence-corrected chi connectivity index (χ4v) is 2.07. The number of hydrogen-bond donors (Lipinski definition) is 0. The Labute approximate surface area is 62.9 Å². The quantitative estimate of drug-likeness (QED) is 0.649. The topological polar surface area (TPSA) is 0 Å². The van der Waals surface area contributed by atoms with E-state index in [4.69, 9.17) is 0 Å².